The second kappa shape index (κ2) is 8.43. The van der Waals surface area contributed by atoms with Crippen molar-refractivity contribution < 1.29 is 9.53 Å². The quantitative estimate of drug-likeness (QED) is 0.569. The fourth-order valence-electron chi connectivity index (χ4n) is 3.27. The molecule has 1 amide bonds. The fourth-order valence-corrected chi connectivity index (χ4v) is 4.09. The van der Waals surface area contributed by atoms with E-state index in [4.69, 9.17) is 9.72 Å². The van der Waals surface area contributed by atoms with Crippen molar-refractivity contribution in [2.75, 3.05) is 12.4 Å². The van der Waals surface area contributed by atoms with Gasteiger partial charge < -0.3 is 10.1 Å². The molecule has 8 nitrogen and oxygen atoms in total. The molecule has 1 unspecified atom stereocenters. The molecule has 0 bridgehead atoms. The molecule has 1 atom stereocenters. The lowest BCUT2D eigenvalue weighted by molar-refractivity contribution is -0.119. The number of hydrogen-bond donors (Lipinski definition) is 1. The Morgan fingerprint density at radius 3 is 2.85 bits per heavy atom. The van der Waals surface area contributed by atoms with Crippen molar-refractivity contribution in [3.8, 4) is 0 Å². The molecular formula is C18H27N5O3S. The lowest BCUT2D eigenvalue weighted by Gasteiger charge is -2.16. The number of hydrogen-bond acceptors (Lipinski definition) is 6. The van der Waals surface area contributed by atoms with Gasteiger partial charge in [-0.25, -0.2) is 4.98 Å². The Balaban J connectivity index is 1.99. The van der Waals surface area contributed by atoms with Gasteiger partial charge in [-0.1, -0.05) is 11.8 Å². The number of carbonyl (C=O) groups is 1. The Morgan fingerprint density at radius 1 is 1.44 bits per heavy atom. The molecule has 3 rings (SSSR count). The monoisotopic (exact) mass is 393 g/mol. The van der Waals surface area contributed by atoms with Crippen LogP contribution in [0.1, 0.15) is 39.3 Å². The number of carbonyl (C=O) groups excluding carboxylic acids is 1. The predicted molar refractivity (Wildman–Crippen MR) is 105 cm³/mol. The molecule has 0 aromatic carbocycles. The number of nitrogens with zero attached hydrogens (tertiary/aromatic N) is 4. The summed E-state index contributed by atoms with van der Waals surface area (Å²) in [4.78, 5) is 30.0. The normalized spacial score (nSPS) is 17.1. The summed E-state index contributed by atoms with van der Waals surface area (Å²) in [7, 11) is 0. The van der Waals surface area contributed by atoms with Gasteiger partial charge in [-0.3, -0.25) is 18.8 Å². The predicted octanol–water partition coefficient (Wildman–Crippen LogP) is 1.72. The molecule has 0 radical (unpaired) electrons. The maximum atomic E-state index is 13.2. The van der Waals surface area contributed by atoms with Crippen LogP contribution in [0.4, 0.5) is 0 Å². The average Bonchev–Trinajstić information content (AvgIpc) is 3.23. The van der Waals surface area contributed by atoms with Crippen LogP contribution in [0.15, 0.2) is 9.95 Å². The molecule has 0 spiro atoms. The average molecular weight is 394 g/mol. The molecular weight excluding hydrogens is 366 g/mol. The molecule has 1 aliphatic rings. The van der Waals surface area contributed by atoms with E-state index in [9.17, 15) is 9.59 Å². The minimum Gasteiger partial charge on any atom is -0.376 e. The first-order valence-corrected chi connectivity index (χ1v) is 10.4. The zero-order valence-electron chi connectivity index (χ0n) is 16.3. The number of aryl methyl sites for hydroxylation is 2. The number of ether oxygens (including phenoxy) is 1. The molecule has 1 fully saturated rings. The van der Waals surface area contributed by atoms with E-state index in [1.165, 1.54) is 11.8 Å². The zero-order valence-corrected chi connectivity index (χ0v) is 17.1. The maximum absolute atomic E-state index is 13.2. The van der Waals surface area contributed by atoms with Crippen molar-refractivity contribution >= 4 is 28.7 Å². The summed E-state index contributed by atoms with van der Waals surface area (Å²) >= 11 is 1.28. The summed E-state index contributed by atoms with van der Waals surface area (Å²) in [6, 6.07) is 0.0765. The Kier molecular flexibility index (Phi) is 6.21. The van der Waals surface area contributed by atoms with Crippen molar-refractivity contribution in [3.63, 3.8) is 0 Å². The van der Waals surface area contributed by atoms with E-state index in [1.54, 1.807) is 9.25 Å². The van der Waals surface area contributed by atoms with Crippen molar-refractivity contribution in [3.05, 3.63) is 16.0 Å². The number of thioether (sulfide) groups is 1. The highest BCUT2D eigenvalue weighted by molar-refractivity contribution is 7.99. The van der Waals surface area contributed by atoms with Crippen molar-refractivity contribution in [2.24, 2.45) is 0 Å². The van der Waals surface area contributed by atoms with Gasteiger partial charge in [0.2, 0.25) is 5.91 Å². The molecule has 1 N–H and O–H groups in total. The zero-order chi connectivity index (χ0) is 19.6. The lowest BCUT2D eigenvalue weighted by Crippen LogP contribution is -2.33. The summed E-state index contributed by atoms with van der Waals surface area (Å²) < 4.78 is 9.07. The summed E-state index contributed by atoms with van der Waals surface area (Å²) in [6.45, 7) is 9.42. The van der Waals surface area contributed by atoms with Gasteiger partial charge in [-0.15, -0.1) is 0 Å². The summed E-state index contributed by atoms with van der Waals surface area (Å²) in [5, 5.41) is 7.85. The molecule has 148 valence electrons. The van der Waals surface area contributed by atoms with E-state index in [0.29, 0.717) is 29.3 Å². The smallest absolute Gasteiger partial charge is 0.280 e. The van der Waals surface area contributed by atoms with Crippen LogP contribution >= 0.6 is 11.8 Å². The Labute approximate surface area is 162 Å². The Bertz CT molecular complexity index is 883. The summed E-state index contributed by atoms with van der Waals surface area (Å²) in [5.74, 6) is 0.136. The SMILES string of the molecule is CCn1nc(C)c2nc(SCC(=O)NC(C)C)n(CC3CCCO3)c(=O)c21. The van der Waals surface area contributed by atoms with E-state index >= 15 is 0 Å². The summed E-state index contributed by atoms with van der Waals surface area (Å²) in [5.41, 5.74) is 1.73. The van der Waals surface area contributed by atoms with Gasteiger partial charge in [-0.05, 0) is 40.5 Å². The van der Waals surface area contributed by atoms with Crippen LogP contribution in [0.5, 0.6) is 0 Å². The minimum atomic E-state index is -0.121. The van der Waals surface area contributed by atoms with Crippen LogP contribution in [0, 0.1) is 6.92 Å². The van der Waals surface area contributed by atoms with E-state index in [0.717, 1.165) is 25.1 Å². The van der Waals surface area contributed by atoms with E-state index in [2.05, 4.69) is 10.4 Å². The number of fused-ring (bicyclic) bond motifs is 1. The minimum absolute atomic E-state index is 0.00452. The standard InChI is InChI=1S/C18H27N5O3S/c1-5-23-16-15(12(4)21-23)20-18(27-10-14(24)19-11(2)3)22(17(16)25)9-13-7-6-8-26-13/h11,13H,5-10H2,1-4H3,(H,19,24). The molecule has 2 aromatic heterocycles. The topological polar surface area (TPSA) is 91.0 Å². The molecule has 9 heteroatoms. The highest BCUT2D eigenvalue weighted by Crippen LogP contribution is 2.22. The maximum Gasteiger partial charge on any atom is 0.280 e. The van der Waals surface area contributed by atoms with Gasteiger partial charge in [0, 0.05) is 19.2 Å². The third-order valence-electron chi connectivity index (χ3n) is 4.47. The van der Waals surface area contributed by atoms with Crippen LogP contribution in [0.2, 0.25) is 0 Å². The molecule has 1 aliphatic heterocycles. The van der Waals surface area contributed by atoms with Crippen molar-refractivity contribution in [1.29, 1.82) is 0 Å². The molecule has 2 aromatic rings. The van der Waals surface area contributed by atoms with E-state index in [-0.39, 0.29) is 29.4 Å². The van der Waals surface area contributed by atoms with Crippen LogP contribution in [-0.4, -0.2) is 49.7 Å². The van der Waals surface area contributed by atoms with Crippen LogP contribution in [0.3, 0.4) is 0 Å². The third-order valence-corrected chi connectivity index (χ3v) is 5.45. The number of amides is 1. The van der Waals surface area contributed by atoms with Gasteiger partial charge in [-0.2, -0.15) is 5.10 Å². The molecule has 0 aliphatic carbocycles. The third kappa shape index (κ3) is 4.35. The van der Waals surface area contributed by atoms with Gasteiger partial charge in [0.05, 0.1) is 24.1 Å². The van der Waals surface area contributed by atoms with Gasteiger partial charge in [0.1, 0.15) is 5.52 Å². The number of rotatable bonds is 7. The molecule has 3 heterocycles. The first kappa shape index (κ1) is 19.9. The first-order valence-electron chi connectivity index (χ1n) is 9.42. The molecule has 0 saturated carbocycles. The van der Waals surface area contributed by atoms with E-state index in [1.807, 2.05) is 27.7 Å². The molecule has 27 heavy (non-hydrogen) atoms. The van der Waals surface area contributed by atoms with Gasteiger partial charge in [0.25, 0.3) is 5.56 Å². The number of aromatic nitrogens is 4. The Hall–Kier alpha value is -1.87. The Morgan fingerprint density at radius 2 is 2.22 bits per heavy atom. The van der Waals surface area contributed by atoms with E-state index < -0.39 is 0 Å². The highest BCUT2D eigenvalue weighted by atomic mass is 32.2. The van der Waals surface area contributed by atoms with Crippen LogP contribution in [-0.2, 0) is 22.6 Å². The van der Waals surface area contributed by atoms with Gasteiger partial charge >= 0.3 is 0 Å². The second-order valence-electron chi connectivity index (χ2n) is 7.05. The fraction of sp³-hybridized carbons (Fsp3) is 0.667. The summed E-state index contributed by atoms with van der Waals surface area (Å²) in [6.07, 6.45) is 1.93. The second-order valence-corrected chi connectivity index (χ2v) is 8.00. The first-order chi connectivity index (χ1) is 12.9. The number of nitrogens with one attached hydrogen (secondary N) is 1. The lowest BCUT2D eigenvalue weighted by atomic mass is 10.2. The van der Waals surface area contributed by atoms with Crippen molar-refractivity contribution in [2.45, 2.75) is 70.9 Å². The largest absolute Gasteiger partial charge is 0.376 e. The molecule has 1 saturated heterocycles. The van der Waals surface area contributed by atoms with Gasteiger partial charge in [0.15, 0.2) is 10.7 Å². The van der Waals surface area contributed by atoms with Crippen LogP contribution < -0.4 is 10.9 Å². The highest BCUT2D eigenvalue weighted by Gasteiger charge is 2.23. The van der Waals surface area contributed by atoms with Crippen molar-refractivity contribution in [1.82, 2.24) is 24.6 Å². The van der Waals surface area contributed by atoms with Crippen LogP contribution in [0.25, 0.3) is 11.0 Å².